The van der Waals surface area contributed by atoms with Gasteiger partial charge in [0.1, 0.15) is 5.75 Å². The van der Waals surface area contributed by atoms with Gasteiger partial charge in [0, 0.05) is 10.7 Å². The molecule has 0 unspecified atom stereocenters. The Morgan fingerprint density at radius 1 is 1.64 bits per heavy atom. The molecule has 0 fully saturated rings. The summed E-state index contributed by atoms with van der Waals surface area (Å²) in [7, 11) is 1.55. The molecule has 0 N–H and O–H groups in total. The van der Waals surface area contributed by atoms with Gasteiger partial charge in [-0.1, -0.05) is 4.49 Å². The first kappa shape index (κ1) is 8.89. The molecule has 1 heterocycles. The highest BCUT2D eigenvalue weighted by molar-refractivity contribution is 8.13. The van der Waals surface area contributed by atoms with E-state index in [4.69, 9.17) is 10.7 Å². The number of rotatable bonds is 2. The van der Waals surface area contributed by atoms with Crippen LogP contribution in [0.15, 0.2) is 0 Å². The summed E-state index contributed by atoms with van der Waals surface area (Å²) in [6.45, 7) is 1.70. The van der Waals surface area contributed by atoms with E-state index in [1.807, 2.05) is 0 Å². The number of hydrogen-bond acceptors (Lipinski definition) is 5. The predicted octanol–water partition coefficient (Wildman–Crippen LogP) is 0.915. The van der Waals surface area contributed by atoms with E-state index in [1.54, 1.807) is 6.92 Å². The molecule has 1 aromatic rings. The fraction of sp³-hybridized carbons (Fsp3) is 0.500. The van der Waals surface area contributed by atoms with Crippen molar-refractivity contribution >= 4 is 31.3 Å². The average molecular weight is 213 g/mol. The quantitative estimate of drug-likeness (QED) is 0.684. The molecular weight excluding hydrogens is 208 g/mol. The fourth-order valence-corrected chi connectivity index (χ4v) is 2.69. The molecule has 0 amide bonds. The van der Waals surface area contributed by atoms with Crippen LogP contribution in [0.4, 0.5) is 0 Å². The topological polar surface area (TPSA) is 59.9 Å². The van der Waals surface area contributed by atoms with E-state index < -0.39 is 9.05 Å². The lowest BCUT2D eigenvalue weighted by molar-refractivity contribution is 0.609. The van der Waals surface area contributed by atoms with Crippen molar-refractivity contribution in [3.63, 3.8) is 0 Å². The number of aryl methyl sites for hydroxylation is 1. The van der Waals surface area contributed by atoms with Crippen LogP contribution in [0.2, 0.25) is 0 Å². The Hall–Kier alpha value is -0.200. The van der Waals surface area contributed by atoms with Crippen molar-refractivity contribution in [3.8, 4) is 0 Å². The molecule has 1 aromatic heterocycles. The van der Waals surface area contributed by atoms with E-state index >= 15 is 0 Å². The number of aromatic nitrogens is 2. The molecule has 62 valence electrons. The minimum Gasteiger partial charge on any atom is -0.212 e. The highest BCUT2D eigenvalue weighted by atomic mass is 35.7. The minimum atomic E-state index is -3.47. The van der Waals surface area contributed by atoms with Crippen molar-refractivity contribution in [2.75, 3.05) is 0 Å². The maximum absolute atomic E-state index is 10.6. The fourth-order valence-electron chi connectivity index (χ4n) is 0.540. The molecule has 0 aliphatic rings. The van der Waals surface area contributed by atoms with Gasteiger partial charge in [0.15, 0.2) is 0 Å². The highest BCUT2D eigenvalue weighted by Gasteiger charge is 2.11. The lowest BCUT2D eigenvalue weighted by Gasteiger charge is -1.90. The van der Waals surface area contributed by atoms with Crippen molar-refractivity contribution in [2.24, 2.45) is 0 Å². The van der Waals surface area contributed by atoms with Crippen LogP contribution in [0.1, 0.15) is 10.6 Å². The van der Waals surface area contributed by atoms with Gasteiger partial charge in [0.05, 0.1) is 10.6 Å². The summed E-state index contributed by atoms with van der Waals surface area (Å²) in [6, 6.07) is 0. The van der Waals surface area contributed by atoms with Crippen molar-refractivity contribution < 1.29 is 8.42 Å². The van der Waals surface area contributed by atoms with Gasteiger partial charge in [-0.15, -0.1) is 5.10 Å². The molecule has 7 heteroatoms. The average Bonchev–Trinajstić information content (AvgIpc) is 2.12. The second kappa shape index (κ2) is 3.04. The van der Waals surface area contributed by atoms with Crippen LogP contribution >= 0.6 is 22.2 Å². The summed E-state index contributed by atoms with van der Waals surface area (Å²) in [5, 5.41) is 3.65. The Kier molecular flexibility index (Phi) is 2.46. The van der Waals surface area contributed by atoms with Crippen molar-refractivity contribution in [3.05, 3.63) is 10.6 Å². The van der Waals surface area contributed by atoms with Crippen LogP contribution in [0.3, 0.4) is 0 Å². The van der Waals surface area contributed by atoms with E-state index in [2.05, 4.69) is 9.59 Å². The molecule has 0 atom stereocenters. The Morgan fingerprint density at radius 3 is 2.64 bits per heavy atom. The van der Waals surface area contributed by atoms with Crippen LogP contribution in [0.25, 0.3) is 0 Å². The summed E-state index contributed by atoms with van der Waals surface area (Å²) < 4.78 is 24.7. The lowest BCUT2D eigenvalue weighted by Crippen LogP contribution is -1.93. The van der Waals surface area contributed by atoms with E-state index in [0.29, 0.717) is 10.6 Å². The third kappa shape index (κ3) is 2.72. The van der Waals surface area contributed by atoms with E-state index in [1.165, 1.54) is 0 Å². The standard InChI is InChI=1S/C4H5ClN2O2S2/c1-3-4(10-7-6-3)2-11(5,8)9/h2H2,1H3. The van der Waals surface area contributed by atoms with Gasteiger partial charge in [0.2, 0.25) is 9.05 Å². The summed E-state index contributed by atoms with van der Waals surface area (Å²) in [6.07, 6.45) is 0. The summed E-state index contributed by atoms with van der Waals surface area (Å²) in [4.78, 5) is 0.597. The zero-order valence-electron chi connectivity index (χ0n) is 5.61. The third-order valence-electron chi connectivity index (χ3n) is 1.05. The smallest absolute Gasteiger partial charge is 0.212 e. The summed E-state index contributed by atoms with van der Waals surface area (Å²) in [5.74, 6) is -0.182. The Balaban J connectivity index is 2.89. The first-order valence-corrected chi connectivity index (χ1v) is 5.94. The van der Waals surface area contributed by atoms with Gasteiger partial charge in [-0.3, -0.25) is 0 Å². The molecular formula is C4H5ClN2O2S2. The SMILES string of the molecule is Cc1nnsc1CS(=O)(=O)Cl. The maximum atomic E-state index is 10.6. The normalized spacial score (nSPS) is 11.8. The van der Waals surface area contributed by atoms with E-state index in [-0.39, 0.29) is 5.75 Å². The second-order valence-electron chi connectivity index (χ2n) is 1.96. The highest BCUT2D eigenvalue weighted by Crippen LogP contribution is 2.15. The number of halogens is 1. The van der Waals surface area contributed by atoms with Crippen molar-refractivity contribution in [1.82, 2.24) is 9.59 Å². The van der Waals surface area contributed by atoms with Crippen LogP contribution in [-0.4, -0.2) is 18.0 Å². The van der Waals surface area contributed by atoms with Crippen LogP contribution in [0, 0.1) is 6.92 Å². The maximum Gasteiger partial charge on any atom is 0.237 e. The van der Waals surface area contributed by atoms with Crippen LogP contribution < -0.4 is 0 Å². The molecule has 0 aromatic carbocycles. The zero-order valence-corrected chi connectivity index (χ0v) is 8.00. The van der Waals surface area contributed by atoms with E-state index in [0.717, 1.165) is 11.5 Å². The molecule has 0 aliphatic heterocycles. The molecule has 0 aliphatic carbocycles. The monoisotopic (exact) mass is 212 g/mol. The molecule has 1 rings (SSSR count). The minimum absolute atomic E-state index is 0.182. The predicted molar refractivity (Wildman–Crippen MR) is 43.1 cm³/mol. The molecule has 0 spiro atoms. The van der Waals surface area contributed by atoms with Crippen LogP contribution in [-0.2, 0) is 14.8 Å². The van der Waals surface area contributed by atoms with Gasteiger partial charge in [-0.05, 0) is 18.5 Å². The largest absolute Gasteiger partial charge is 0.237 e. The molecule has 4 nitrogen and oxygen atoms in total. The van der Waals surface area contributed by atoms with Gasteiger partial charge in [-0.2, -0.15) is 0 Å². The molecule has 11 heavy (non-hydrogen) atoms. The Morgan fingerprint density at radius 2 is 2.27 bits per heavy atom. The number of hydrogen-bond donors (Lipinski definition) is 0. The van der Waals surface area contributed by atoms with Crippen molar-refractivity contribution in [1.29, 1.82) is 0 Å². The molecule has 0 radical (unpaired) electrons. The van der Waals surface area contributed by atoms with Gasteiger partial charge >= 0.3 is 0 Å². The summed E-state index contributed by atoms with van der Waals surface area (Å²) >= 11 is 1.05. The van der Waals surface area contributed by atoms with Crippen LogP contribution in [0.5, 0.6) is 0 Å². The Labute approximate surface area is 72.8 Å². The van der Waals surface area contributed by atoms with Gasteiger partial charge < -0.3 is 0 Å². The zero-order chi connectivity index (χ0) is 8.48. The van der Waals surface area contributed by atoms with Crippen molar-refractivity contribution in [2.45, 2.75) is 12.7 Å². The second-order valence-corrected chi connectivity index (χ2v) is 5.58. The van der Waals surface area contributed by atoms with Gasteiger partial charge in [-0.25, -0.2) is 8.42 Å². The third-order valence-corrected chi connectivity index (χ3v) is 3.02. The Bertz CT molecular complexity index is 345. The summed E-state index contributed by atoms with van der Waals surface area (Å²) in [5.41, 5.74) is 0.624. The molecule has 0 saturated heterocycles. The van der Waals surface area contributed by atoms with Gasteiger partial charge in [0.25, 0.3) is 0 Å². The molecule has 0 saturated carbocycles. The lowest BCUT2D eigenvalue weighted by atomic mass is 10.4. The number of nitrogens with zero attached hydrogens (tertiary/aromatic N) is 2. The molecule has 0 bridgehead atoms. The van der Waals surface area contributed by atoms with E-state index in [9.17, 15) is 8.42 Å². The first-order chi connectivity index (χ1) is 4.99. The first-order valence-electron chi connectivity index (χ1n) is 2.69.